The predicted octanol–water partition coefficient (Wildman–Crippen LogP) is 1.90. The Balaban J connectivity index is 2.13. The average Bonchev–Trinajstić information content (AvgIpc) is 3.08. The summed E-state index contributed by atoms with van der Waals surface area (Å²) in [5.41, 5.74) is 1.08. The number of benzene rings is 1. The second-order valence-corrected chi connectivity index (χ2v) is 6.56. The van der Waals surface area contributed by atoms with Gasteiger partial charge in [0.05, 0.1) is 19.8 Å². The van der Waals surface area contributed by atoms with E-state index in [1.807, 2.05) is 6.92 Å². The number of carbonyl (C=O) groups excluding carboxylic acids is 1. The third kappa shape index (κ3) is 3.42. The summed E-state index contributed by atoms with van der Waals surface area (Å²) in [6.45, 7) is 4.28. The van der Waals surface area contributed by atoms with Gasteiger partial charge in [0.1, 0.15) is 11.6 Å². The fourth-order valence-corrected chi connectivity index (χ4v) is 3.35. The van der Waals surface area contributed by atoms with E-state index in [0.29, 0.717) is 34.8 Å². The van der Waals surface area contributed by atoms with Gasteiger partial charge in [-0.1, -0.05) is 6.07 Å². The van der Waals surface area contributed by atoms with Crippen LogP contribution in [0.25, 0.3) is 23.3 Å². The molecule has 1 aromatic carbocycles. The molecule has 158 valence electrons. The number of ether oxygens (including phenoxy) is 2. The van der Waals surface area contributed by atoms with Crippen molar-refractivity contribution in [3.8, 4) is 5.75 Å². The molecule has 0 radical (unpaired) electrons. The topological polar surface area (TPSA) is 97.3 Å². The van der Waals surface area contributed by atoms with E-state index in [-0.39, 0.29) is 17.8 Å². The lowest BCUT2D eigenvalue weighted by molar-refractivity contribution is 0.0600. The molecular weight excluding hydrogens is 388 g/mol. The fourth-order valence-electron chi connectivity index (χ4n) is 3.35. The molecule has 0 N–H and O–H groups in total. The van der Waals surface area contributed by atoms with Crippen LogP contribution in [0.5, 0.6) is 5.75 Å². The zero-order valence-corrected chi connectivity index (χ0v) is 17.6. The minimum Gasteiger partial charge on any atom is -0.496 e. The Hall–Kier alpha value is -3.62. The molecule has 0 amide bonds. The first-order valence-corrected chi connectivity index (χ1v) is 9.52. The van der Waals surface area contributed by atoms with Crippen molar-refractivity contribution in [1.29, 1.82) is 0 Å². The summed E-state index contributed by atoms with van der Waals surface area (Å²) in [5.74, 6) is 0.548. The van der Waals surface area contributed by atoms with E-state index in [9.17, 15) is 14.4 Å². The van der Waals surface area contributed by atoms with Crippen molar-refractivity contribution < 1.29 is 14.3 Å². The van der Waals surface area contributed by atoms with E-state index >= 15 is 0 Å². The van der Waals surface area contributed by atoms with Crippen molar-refractivity contribution in [1.82, 2.24) is 18.7 Å². The highest BCUT2D eigenvalue weighted by molar-refractivity contribution is 5.90. The van der Waals surface area contributed by atoms with Crippen LogP contribution in [0.3, 0.4) is 0 Å². The van der Waals surface area contributed by atoms with Gasteiger partial charge in [0.15, 0.2) is 11.2 Å². The number of methoxy groups -OCH3 is 2. The smallest absolute Gasteiger partial charge is 0.337 e. The molecule has 0 aliphatic rings. The van der Waals surface area contributed by atoms with E-state index in [0.717, 1.165) is 5.56 Å². The van der Waals surface area contributed by atoms with Gasteiger partial charge < -0.3 is 14.0 Å². The molecule has 0 bridgehead atoms. The number of imidazole rings is 1. The molecule has 2 aromatic heterocycles. The maximum absolute atomic E-state index is 12.8. The maximum Gasteiger partial charge on any atom is 0.337 e. The second-order valence-electron chi connectivity index (χ2n) is 6.56. The van der Waals surface area contributed by atoms with E-state index in [4.69, 9.17) is 9.47 Å². The standard InChI is InChI=1S/C21H24N4O5/c1-6-24-18-17(19(26)25(7-2)21(24)28)23(3)16(22-18)11-10-13-8-9-14(20(27)30-5)12-15(13)29-4/h8-12H,6-7H2,1-5H3. The van der Waals surface area contributed by atoms with Crippen LogP contribution in [0.2, 0.25) is 0 Å². The summed E-state index contributed by atoms with van der Waals surface area (Å²) in [4.78, 5) is 41.6. The number of carbonyl (C=O) groups is 1. The Morgan fingerprint density at radius 3 is 2.40 bits per heavy atom. The summed E-state index contributed by atoms with van der Waals surface area (Å²) < 4.78 is 14.5. The molecule has 0 saturated heterocycles. The van der Waals surface area contributed by atoms with Crippen LogP contribution in [-0.2, 0) is 24.9 Å². The Bertz CT molecular complexity index is 1260. The number of nitrogens with zero attached hydrogens (tertiary/aromatic N) is 4. The van der Waals surface area contributed by atoms with Crippen LogP contribution < -0.4 is 16.0 Å². The number of hydrogen-bond donors (Lipinski definition) is 0. The number of aromatic nitrogens is 4. The summed E-state index contributed by atoms with van der Waals surface area (Å²) in [7, 11) is 4.56. The monoisotopic (exact) mass is 412 g/mol. The van der Waals surface area contributed by atoms with Crippen LogP contribution in [0, 0.1) is 0 Å². The third-order valence-corrected chi connectivity index (χ3v) is 4.98. The van der Waals surface area contributed by atoms with Gasteiger partial charge in [0, 0.05) is 25.7 Å². The highest BCUT2D eigenvalue weighted by atomic mass is 16.5. The zero-order valence-electron chi connectivity index (χ0n) is 17.6. The lowest BCUT2D eigenvalue weighted by Crippen LogP contribution is -2.39. The molecule has 0 spiro atoms. The van der Waals surface area contributed by atoms with E-state index in [2.05, 4.69) is 4.98 Å². The van der Waals surface area contributed by atoms with Crippen LogP contribution >= 0.6 is 0 Å². The normalized spacial score (nSPS) is 11.4. The Kier molecular flexibility index (Phi) is 5.91. The van der Waals surface area contributed by atoms with Gasteiger partial charge in [0.2, 0.25) is 0 Å². The third-order valence-electron chi connectivity index (χ3n) is 4.98. The van der Waals surface area contributed by atoms with Crippen LogP contribution in [0.4, 0.5) is 0 Å². The number of rotatable bonds is 6. The van der Waals surface area contributed by atoms with Crippen LogP contribution in [-0.4, -0.2) is 38.9 Å². The molecule has 0 aliphatic carbocycles. The first kappa shape index (κ1) is 21.1. The SMILES string of the molecule is CCn1c(=O)c2c(nc(C=Cc3ccc(C(=O)OC)cc3OC)n2C)n(CC)c1=O. The predicted molar refractivity (Wildman–Crippen MR) is 114 cm³/mol. The minimum atomic E-state index is -0.455. The van der Waals surface area contributed by atoms with Crippen molar-refractivity contribution in [3.63, 3.8) is 0 Å². The van der Waals surface area contributed by atoms with Crippen LogP contribution in [0.15, 0.2) is 27.8 Å². The number of hydrogen-bond acceptors (Lipinski definition) is 6. The Morgan fingerprint density at radius 2 is 1.80 bits per heavy atom. The van der Waals surface area contributed by atoms with Gasteiger partial charge in [-0.05, 0) is 38.1 Å². The molecule has 30 heavy (non-hydrogen) atoms. The summed E-state index contributed by atoms with van der Waals surface area (Å²) in [6.07, 6.45) is 3.50. The minimum absolute atomic E-state index is 0.285. The van der Waals surface area contributed by atoms with Crippen molar-refractivity contribution in [2.24, 2.45) is 7.05 Å². The molecule has 2 heterocycles. The van der Waals surface area contributed by atoms with Crippen molar-refractivity contribution in [3.05, 3.63) is 56.0 Å². The van der Waals surface area contributed by atoms with Gasteiger partial charge in [-0.15, -0.1) is 0 Å². The molecular formula is C21H24N4O5. The lowest BCUT2D eigenvalue weighted by atomic mass is 10.1. The molecule has 3 aromatic rings. The number of fused-ring (bicyclic) bond motifs is 1. The molecule has 9 nitrogen and oxygen atoms in total. The van der Waals surface area contributed by atoms with Crippen molar-refractivity contribution >= 4 is 29.3 Å². The largest absolute Gasteiger partial charge is 0.496 e. The van der Waals surface area contributed by atoms with Gasteiger partial charge in [0.25, 0.3) is 5.56 Å². The molecule has 0 saturated carbocycles. The Labute approximate surface area is 172 Å². The first-order valence-electron chi connectivity index (χ1n) is 9.52. The Morgan fingerprint density at radius 1 is 1.10 bits per heavy atom. The first-order chi connectivity index (χ1) is 14.4. The van der Waals surface area contributed by atoms with E-state index in [1.165, 1.54) is 23.4 Å². The maximum atomic E-state index is 12.8. The second kappa shape index (κ2) is 8.40. The molecule has 0 unspecified atom stereocenters. The van der Waals surface area contributed by atoms with Crippen molar-refractivity contribution in [2.75, 3.05) is 14.2 Å². The molecule has 0 fully saturated rings. The highest BCUT2D eigenvalue weighted by Gasteiger charge is 2.18. The molecule has 9 heteroatoms. The fraction of sp³-hybridized carbons (Fsp3) is 0.333. The van der Waals surface area contributed by atoms with E-state index < -0.39 is 5.97 Å². The van der Waals surface area contributed by atoms with Gasteiger partial charge >= 0.3 is 11.7 Å². The highest BCUT2D eigenvalue weighted by Crippen LogP contribution is 2.23. The summed E-state index contributed by atoms with van der Waals surface area (Å²) >= 11 is 0. The molecule has 3 rings (SSSR count). The quantitative estimate of drug-likeness (QED) is 0.574. The van der Waals surface area contributed by atoms with Gasteiger partial charge in [-0.3, -0.25) is 13.9 Å². The molecule has 0 atom stereocenters. The van der Waals surface area contributed by atoms with Gasteiger partial charge in [-0.2, -0.15) is 0 Å². The van der Waals surface area contributed by atoms with Gasteiger partial charge in [-0.25, -0.2) is 14.6 Å². The zero-order chi connectivity index (χ0) is 22.0. The number of esters is 1. The van der Waals surface area contributed by atoms with Crippen molar-refractivity contribution in [2.45, 2.75) is 26.9 Å². The molecule has 0 aliphatic heterocycles. The summed E-state index contributed by atoms with van der Waals surface area (Å²) in [6, 6.07) is 4.96. The summed E-state index contributed by atoms with van der Waals surface area (Å²) in [5, 5.41) is 0. The lowest BCUT2D eigenvalue weighted by Gasteiger charge is -2.08. The van der Waals surface area contributed by atoms with E-state index in [1.54, 1.807) is 48.9 Å². The number of aryl methyl sites for hydroxylation is 2. The average molecular weight is 412 g/mol. The van der Waals surface area contributed by atoms with Crippen LogP contribution in [0.1, 0.15) is 35.6 Å².